The standard InChI is InChI=1S/C12H18NO4S2.C4H10.6CH4.2CH3.K.2O.Ti/c1-10(2)4-5-11-6-8-12(9-7-11)19(16,17)13-18(3,14)15;1-4(2)3;;;;;;;;;;;;/h6-10H,4-5H2,1-3H3;4H,1-3H3;6*1H4;2*1H3;;;;/q-1;;;;;;;;2*-1;+1;;;. The number of rotatable bonds is 6. The molecule has 0 saturated heterocycles. The zero-order chi connectivity index (χ0) is 21.0. The average molecular weight is 608 g/mol. The summed E-state index contributed by atoms with van der Waals surface area (Å²) in [5.41, 5.74) is 1.02. The fourth-order valence-corrected chi connectivity index (χ4v) is 3.75. The van der Waals surface area contributed by atoms with Gasteiger partial charge in [-0.3, -0.25) is 0 Å². The Kier molecular flexibility index (Phi) is 75.0. The van der Waals surface area contributed by atoms with Crippen molar-refractivity contribution in [3.63, 3.8) is 0 Å². The molecular weight excluding hydrogens is 549 g/mol. The van der Waals surface area contributed by atoms with Crippen molar-refractivity contribution in [3.8, 4) is 0 Å². The second kappa shape index (κ2) is 37.2. The number of hydrogen-bond donors (Lipinski definition) is 0. The second-order valence-electron chi connectivity index (χ2n) is 6.67. The van der Waals surface area contributed by atoms with Crippen LogP contribution in [0, 0.1) is 26.7 Å². The number of hydrogen-bond acceptors (Lipinski definition) is 6. The molecule has 0 bridgehead atoms. The van der Waals surface area contributed by atoms with E-state index in [1.807, 2.05) is 0 Å². The maximum absolute atomic E-state index is 11.7. The Hall–Kier alpha value is 1.03. The van der Waals surface area contributed by atoms with Crippen LogP contribution in [0.5, 0.6) is 0 Å². The Morgan fingerprint density at radius 3 is 1.29 bits per heavy atom. The van der Waals surface area contributed by atoms with Crippen LogP contribution in [0.4, 0.5) is 0 Å². The van der Waals surface area contributed by atoms with Gasteiger partial charge in [-0.25, -0.2) is 16.8 Å². The Morgan fingerprint density at radius 2 is 1.06 bits per heavy atom. The number of aryl methyl sites for hydroxylation is 1. The van der Waals surface area contributed by atoms with Crippen LogP contribution >= 0.6 is 0 Å². The van der Waals surface area contributed by atoms with E-state index in [1.165, 1.54) is 12.1 Å². The molecule has 0 saturated carbocycles. The quantitative estimate of drug-likeness (QED) is 0.314. The molecule has 0 aliphatic rings. The summed E-state index contributed by atoms with van der Waals surface area (Å²) in [6.07, 6.45) is 2.63. The summed E-state index contributed by atoms with van der Waals surface area (Å²) in [6.45, 7) is 10.7. The third kappa shape index (κ3) is 48.6. The molecule has 0 N–H and O–H groups in total. The molecule has 0 heterocycles. The maximum atomic E-state index is 11.7. The molecule has 0 spiro atoms. The molecule has 0 aliphatic heterocycles. The predicted molar refractivity (Wildman–Crippen MR) is 150 cm³/mol. The minimum absolute atomic E-state index is 0. The average Bonchev–Trinajstić information content (AvgIpc) is 2.43. The molecule has 0 aromatic heterocycles. The SMILES string of the molecule is C.C.C.C.C.C.CC(C)C.CC(C)CCc1ccc(S(=O)(=O)[N-]S(C)(=O)=O)cc1.[CH3-].[CH3-].[K+].[O]=[Ti]=[O]. The van der Waals surface area contributed by atoms with E-state index in [1.54, 1.807) is 12.1 Å². The van der Waals surface area contributed by atoms with Gasteiger partial charge < -0.3 is 19.0 Å². The van der Waals surface area contributed by atoms with Gasteiger partial charge in [0.2, 0.25) is 0 Å². The van der Waals surface area contributed by atoms with Crippen LogP contribution in [-0.2, 0) is 52.2 Å². The van der Waals surface area contributed by atoms with E-state index in [0.29, 0.717) is 5.92 Å². The summed E-state index contributed by atoms with van der Waals surface area (Å²) < 4.78 is 65.1. The number of benzene rings is 1. The van der Waals surface area contributed by atoms with Crippen molar-refractivity contribution < 1.29 is 94.0 Å². The monoisotopic (exact) mass is 607 g/mol. The number of nitrogens with zero attached hydrogens (tertiary/aromatic N) is 1. The van der Waals surface area contributed by atoms with Crippen LogP contribution < -0.4 is 51.4 Å². The third-order valence-electron chi connectivity index (χ3n) is 2.47. The molecule has 0 unspecified atom stereocenters. The van der Waals surface area contributed by atoms with Gasteiger partial charge in [-0.15, -0.1) is 0 Å². The van der Waals surface area contributed by atoms with E-state index in [9.17, 15) is 16.8 Å². The summed E-state index contributed by atoms with van der Waals surface area (Å²) in [5.74, 6) is 1.41. The van der Waals surface area contributed by atoms with Crippen molar-refractivity contribution in [1.82, 2.24) is 0 Å². The molecule has 1 rings (SSSR count). The summed E-state index contributed by atoms with van der Waals surface area (Å²) in [5, 5.41) is 0. The van der Waals surface area contributed by atoms with E-state index < -0.39 is 39.1 Å². The molecule has 0 fully saturated rings. The first kappa shape index (κ1) is 70.6. The third-order valence-corrected chi connectivity index (χ3v) is 5.20. The first-order valence-corrected chi connectivity index (χ1v) is 12.6. The van der Waals surface area contributed by atoms with E-state index in [4.69, 9.17) is 6.65 Å². The molecule has 0 radical (unpaired) electrons. The van der Waals surface area contributed by atoms with Crippen LogP contribution in [0.2, 0.25) is 0 Å². The van der Waals surface area contributed by atoms with Crippen LogP contribution in [0.25, 0.3) is 4.13 Å². The Balaban J connectivity index is -0.0000000359. The van der Waals surface area contributed by atoms with Gasteiger partial charge in [0.25, 0.3) is 0 Å². The molecular formula is C24H58KNO6S2Ti-2. The van der Waals surface area contributed by atoms with Gasteiger partial charge >= 0.3 is 77.1 Å². The van der Waals surface area contributed by atoms with Crippen molar-refractivity contribution in [2.45, 2.75) is 96.9 Å². The zero-order valence-corrected chi connectivity index (χ0v) is 25.4. The predicted octanol–water partition coefficient (Wildman–Crippen LogP) is 5.44. The molecule has 0 aliphatic carbocycles. The van der Waals surface area contributed by atoms with Crippen molar-refractivity contribution in [1.29, 1.82) is 0 Å². The van der Waals surface area contributed by atoms with Crippen molar-refractivity contribution in [2.24, 2.45) is 11.8 Å². The Bertz CT molecular complexity index is 759. The van der Waals surface area contributed by atoms with Crippen molar-refractivity contribution in [2.75, 3.05) is 6.26 Å². The molecule has 1 aromatic carbocycles. The summed E-state index contributed by atoms with van der Waals surface area (Å²) >= 11 is -2.00. The summed E-state index contributed by atoms with van der Waals surface area (Å²) in [6, 6.07) is 6.15. The van der Waals surface area contributed by atoms with E-state index in [0.717, 1.165) is 30.6 Å². The fourth-order valence-electron chi connectivity index (χ4n) is 1.50. The first-order chi connectivity index (χ1) is 11.7. The van der Waals surface area contributed by atoms with Gasteiger partial charge in [0, 0.05) is 11.2 Å². The van der Waals surface area contributed by atoms with Crippen LogP contribution in [0.3, 0.4) is 0 Å². The van der Waals surface area contributed by atoms with Gasteiger partial charge in [-0.2, -0.15) is 0 Å². The molecule has 1 aromatic rings. The van der Waals surface area contributed by atoms with E-state index in [-0.39, 0.29) is 116 Å². The minimum atomic E-state index is -4.13. The molecule has 11 heteroatoms. The van der Waals surface area contributed by atoms with Crippen molar-refractivity contribution >= 4 is 20.0 Å². The molecule has 214 valence electrons. The van der Waals surface area contributed by atoms with Gasteiger partial charge in [0.15, 0.2) is 0 Å². The van der Waals surface area contributed by atoms with Crippen LogP contribution in [0.15, 0.2) is 29.2 Å². The van der Waals surface area contributed by atoms with E-state index in [2.05, 4.69) is 38.7 Å². The molecule has 35 heavy (non-hydrogen) atoms. The van der Waals surface area contributed by atoms with Crippen molar-refractivity contribution in [3.05, 3.63) is 48.8 Å². The van der Waals surface area contributed by atoms with Gasteiger partial charge in [0.1, 0.15) is 10.0 Å². The van der Waals surface area contributed by atoms with Crippen LogP contribution in [0.1, 0.15) is 91.2 Å². The first-order valence-electron chi connectivity index (χ1n) is 8.02. The zero-order valence-electron chi connectivity index (χ0n) is 19.1. The molecule has 7 nitrogen and oxygen atoms in total. The van der Waals surface area contributed by atoms with Crippen LogP contribution in [-0.4, -0.2) is 23.1 Å². The van der Waals surface area contributed by atoms with Gasteiger partial charge in [0.05, 0.1) is 10.0 Å². The Labute approximate surface area is 274 Å². The molecule has 0 atom stereocenters. The fraction of sp³-hybridized carbons (Fsp3) is 0.667. The van der Waals surface area contributed by atoms with E-state index >= 15 is 0 Å². The number of sulfonamides is 2. The topological polar surface area (TPSA) is 117 Å². The van der Waals surface area contributed by atoms with Gasteiger partial charge in [-0.1, -0.05) is 91.3 Å². The second-order valence-corrected chi connectivity index (χ2v) is 10.4. The Morgan fingerprint density at radius 1 is 0.771 bits per heavy atom. The normalized spacial score (nSPS) is 8.23. The summed E-state index contributed by atoms with van der Waals surface area (Å²) in [4.78, 5) is -0.105. The summed E-state index contributed by atoms with van der Waals surface area (Å²) in [7, 11) is -8.05. The molecule has 0 amide bonds. The van der Waals surface area contributed by atoms with Gasteiger partial charge in [-0.05, 0) is 42.4 Å².